The lowest BCUT2D eigenvalue weighted by Gasteiger charge is -2.13. The second-order valence-electron chi connectivity index (χ2n) is 5.99. The zero-order chi connectivity index (χ0) is 19.5. The Kier molecular flexibility index (Phi) is 4.76. The zero-order valence-corrected chi connectivity index (χ0v) is 15.5. The normalized spacial score (nSPS) is 11.6. The van der Waals surface area contributed by atoms with Crippen LogP contribution in [0.4, 0.5) is 5.82 Å². The number of rotatable bonds is 4. The highest BCUT2D eigenvalue weighted by atomic mass is 32.2. The van der Waals surface area contributed by atoms with Gasteiger partial charge in [0.25, 0.3) is 0 Å². The summed E-state index contributed by atoms with van der Waals surface area (Å²) in [5, 5.41) is 20.0. The van der Waals surface area contributed by atoms with Crippen molar-refractivity contribution in [3.8, 4) is 34.8 Å². The number of nitrogens with two attached hydrogens (primary N) is 1. The molecular weight excluding hydrogens is 372 g/mol. The maximum absolute atomic E-state index is 9.85. The van der Waals surface area contributed by atoms with E-state index >= 15 is 0 Å². The Hall–Kier alpha value is -3.68. The standard InChI is InChI=1S/C21H14N4O2S/c22-9-15-19(14-6-7-17-18(8-14)27-12-26-17)16(10-23)21(25-20(15)24)28-11-13-4-2-1-3-5-13/h1-8H,11-12H2,(H2,24,25). The molecule has 2 heterocycles. The van der Waals surface area contributed by atoms with E-state index < -0.39 is 0 Å². The van der Waals surface area contributed by atoms with Crippen molar-refractivity contribution in [2.45, 2.75) is 10.8 Å². The Morgan fingerprint density at radius 3 is 2.50 bits per heavy atom. The first kappa shape index (κ1) is 17.7. The van der Waals surface area contributed by atoms with E-state index in [-0.39, 0.29) is 18.2 Å². The predicted molar refractivity (Wildman–Crippen MR) is 106 cm³/mol. The molecule has 0 bridgehead atoms. The predicted octanol–water partition coefficient (Wildman–Crippen LogP) is 4.10. The average Bonchev–Trinajstić information content (AvgIpc) is 3.20. The molecule has 0 radical (unpaired) electrons. The van der Waals surface area contributed by atoms with E-state index in [1.807, 2.05) is 30.3 Å². The van der Waals surface area contributed by atoms with Gasteiger partial charge in [0, 0.05) is 11.3 Å². The van der Waals surface area contributed by atoms with Gasteiger partial charge in [0.15, 0.2) is 11.5 Å². The summed E-state index contributed by atoms with van der Waals surface area (Å²) in [6, 6.07) is 19.5. The molecule has 2 aromatic carbocycles. The Morgan fingerprint density at radius 2 is 1.75 bits per heavy atom. The molecule has 1 aromatic heterocycles. The van der Waals surface area contributed by atoms with Crippen LogP contribution in [0, 0.1) is 22.7 Å². The average molecular weight is 386 g/mol. The summed E-state index contributed by atoms with van der Waals surface area (Å²) in [5.74, 6) is 1.93. The van der Waals surface area contributed by atoms with E-state index in [2.05, 4.69) is 17.1 Å². The van der Waals surface area contributed by atoms with Gasteiger partial charge in [-0.3, -0.25) is 0 Å². The summed E-state index contributed by atoms with van der Waals surface area (Å²) in [7, 11) is 0. The van der Waals surface area contributed by atoms with Gasteiger partial charge in [0.2, 0.25) is 6.79 Å². The van der Waals surface area contributed by atoms with E-state index in [1.165, 1.54) is 11.8 Å². The van der Waals surface area contributed by atoms with Crippen LogP contribution in [0.2, 0.25) is 0 Å². The molecule has 0 unspecified atom stereocenters. The molecule has 0 atom stereocenters. The highest BCUT2D eigenvalue weighted by Gasteiger charge is 2.23. The fourth-order valence-electron chi connectivity index (χ4n) is 2.97. The number of nitrogen functional groups attached to an aromatic ring is 1. The third-order valence-corrected chi connectivity index (χ3v) is 5.34. The monoisotopic (exact) mass is 386 g/mol. The van der Waals surface area contributed by atoms with Crippen LogP contribution in [0.5, 0.6) is 11.5 Å². The van der Waals surface area contributed by atoms with Crippen molar-refractivity contribution < 1.29 is 9.47 Å². The van der Waals surface area contributed by atoms with Crippen LogP contribution in [0.3, 0.4) is 0 Å². The molecule has 0 spiro atoms. The lowest BCUT2D eigenvalue weighted by atomic mass is 9.96. The number of hydrogen-bond acceptors (Lipinski definition) is 7. The Balaban J connectivity index is 1.81. The van der Waals surface area contributed by atoms with E-state index in [1.54, 1.807) is 18.2 Å². The summed E-state index contributed by atoms with van der Waals surface area (Å²) in [4.78, 5) is 4.33. The summed E-state index contributed by atoms with van der Waals surface area (Å²) >= 11 is 1.41. The van der Waals surface area contributed by atoms with Crippen molar-refractivity contribution in [2.24, 2.45) is 0 Å². The van der Waals surface area contributed by atoms with Gasteiger partial charge < -0.3 is 15.2 Å². The minimum absolute atomic E-state index is 0.102. The number of thioether (sulfide) groups is 1. The molecule has 3 aromatic rings. The minimum Gasteiger partial charge on any atom is -0.454 e. The summed E-state index contributed by atoms with van der Waals surface area (Å²) in [6.45, 7) is 0.145. The molecule has 0 saturated heterocycles. The van der Waals surface area contributed by atoms with Crippen molar-refractivity contribution in [1.82, 2.24) is 4.98 Å². The molecule has 7 heteroatoms. The molecule has 1 aliphatic rings. The number of aromatic nitrogens is 1. The van der Waals surface area contributed by atoms with Crippen molar-refractivity contribution in [2.75, 3.05) is 12.5 Å². The number of nitriles is 2. The lowest BCUT2D eigenvalue weighted by Crippen LogP contribution is -2.03. The van der Waals surface area contributed by atoms with E-state index in [9.17, 15) is 10.5 Å². The molecule has 6 nitrogen and oxygen atoms in total. The van der Waals surface area contributed by atoms with Gasteiger partial charge in [0.05, 0.1) is 5.56 Å². The van der Waals surface area contributed by atoms with Crippen LogP contribution in [0.15, 0.2) is 53.6 Å². The Labute approximate surface area is 166 Å². The molecule has 2 N–H and O–H groups in total. The van der Waals surface area contributed by atoms with Crippen LogP contribution in [-0.4, -0.2) is 11.8 Å². The number of ether oxygens (including phenoxy) is 2. The molecule has 0 amide bonds. The first-order valence-electron chi connectivity index (χ1n) is 8.41. The second kappa shape index (κ2) is 7.51. The zero-order valence-electron chi connectivity index (χ0n) is 14.7. The van der Waals surface area contributed by atoms with Gasteiger partial charge in [-0.05, 0) is 23.3 Å². The van der Waals surface area contributed by atoms with Gasteiger partial charge in [0.1, 0.15) is 28.5 Å². The van der Waals surface area contributed by atoms with Crippen molar-refractivity contribution in [3.05, 3.63) is 65.2 Å². The Morgan fingerprint density at radius 1 is 1.00 bits per heavy atom. The molecule has 0 aliphatic carbocycles. The quantitative estimate of drug-likeness (QED) is 0.673. The number of hydrogen-bond donors (Lipinski definition) is 1. The molecule has 1 aliphatic heterocycles. The molecule has 4 rings (SSSR count). The van der Waals surface area contributed by atoms with Crippen molar-refractivity contribution in [3.63, 3.8) is 0 Å². The minimum atomic E-state index is 0.102. The third kappa shape index (κ3) is 3.20. The number of fused-ring (bicyclic) bond motifs is 1. The molecule has 0 saturated carbocycles. The first-order valence-corrected chi connectivity index (χ1v) is 9.40. The lowest BCUT2D eigenvalue weighted by molar-refractivity contribution is 0.174. The number of nitrogens with zero attached hydrogens (tertiary/aromatic N) is 3. The summed E-state index contributed by atoms with van der Waals surface area (Å²) < 4.78 is 10.8. The van der Waals surface area contributed by atoms with E-state index in [4.69, 9.17) is 15.2 Å². The maximum Gasteiger partial charge on any atom is 0.231 e. The smallest absolute Gasteiger partial charge is 0.231 e. The maximum atomic E-state index is 9.85. The molecule has 28 heavy (non-hydrogen) atoms. The highest BCUT2D eigenvalue weighted by Crippen LogP contribution is 2.41. The fraction of sp³-hybridized carbons (Fsp3) is 0.0952. The van der Waals surface area contributed by atoms with Crippen molar-refractivity contribution in [1.29, 1.82) is 10.5 Å². The van der Waals surface area contributed by atoms with Gasteiger partial charge in [-0.15, -0.1) is 11.8 Å². The third-order valence-electron chi connectivity index (χ3n) is 4.30. The van der Waals surface area contributed by atoms with Gasteiger partial charge in [-0.1, -0.05) is 36.4 Å². The van der Waals surface area contributed by atoms with Crippen LogP contribution in [-0.2, 0) is 5.75 Å². The van der Waals surface area contributed by atoms with Crippen LogP contribution in [0.1, 0.15) is 16.7 Å². The first-order chi connectivity index (χ1) is 13.7. The largest absolute Gasteiger partial charge is 0.454 e. The van der Waals surface area contributed by atoms with Gasteiger partial charge in [-0.25, -0.2) is 4.98 Å². The number of pyridine rings is 1. The number of anilines is 1. The summed E-state index contributed by atoms with van der Waals surface area (Å²) in [5.41, 5.74) is 8.79. The van der Waals surface area contributed by atoms with Gasteiger partial charge >= 0.3 is 0 Å². The Bertz CT molecular complexity index is 1130. The number of benzene rings is 2. The molecule has 0 fully saturated rings. The van der Waals surface area contributed by atoms with Crippen LogP contribution >= 0.6 is 11.8 Å². The SMILES string of the molecule is N#Cc1c(N)nc(SCc2ccccc2)c(C#N)c1-c1ccc2c(c1)OCO2. The van der Waals surface area contributed by atoms with Crippen LogP contribution in [0.25, 0.3) is 11.1 Å². The topological polar surface area (TPSA) is 105 Å². The fourth-order valence-corrected chi connectivity index (χ4v) is 3.92. The van der Waals surface area contributed by atoms with Gasteiger partial charge in [-0.2, -0.15) is 10.5 Å². The van der Waals surface area contributed by atoms with Crippen LogP contribution < -0.4 is 15.2 Å². The van der Waals surface area contributed by atoms with E-state index in [0.717, 1.165) is 5.56 Å². The van der Waals surface area contributed by atoms with Crippen molar-refractivity contribution >= 4 is 17.6 Å². The summed E-state index contributed by atoms with van der Waals surface area (Å²) in [6.07, 6.45) is 0. The second-order valence-corrected chi connectivity index (χ2v) is 6.96. The highest BCUT2D eigenvalue weighted by molar-refractivity contribution is 7.98. The van der Waals surface area contributed by atoms with E-state index in [0.29, 0.717) is 39.0 Å². The molecule has 136 valence electrons. The molecular formula is C21H14N4O2S.